The van der Waals surface area contributed by atoms with E-state index in [1.807, 2.05) is 27.0 Å². The monoisotopic (exact) mass is 453 g/mol. The lowest BCUT2D eigenvalue weighted by Crippen LogP contribution is -2.58. The van der Waals surface area contributed by atoms with Crippen LogP contribution in [0.25, 0.3) is 11.3 Å². The Kier molecular flexibility index (Phi) is 6.55. The highest BCUT2D eigenvalue weighted by atomic mass is 19.1. The van der Waals surface area contributed by atoms with E-state index >= 15 is 4.39 Å². The van der Waals surface area contributed by atoms with Gasteiger partial charge in [-0.2, -0.15) is 5.10 Å². The number of urea groups is 1. The molecule has 1 aromatic carbocycles. The Balaban J connectivity index is 1.40. The Morgan fingerprint density at radius 3 is 2.79 bits per heavy atom. The maximum absolute atomic E-state index is 15.2. The number of benzene rings is 1. The van der Waals surface area contributed by atoms with Gasteiger partial charge in [0.1, 0.15) is 5.82 Å². The molecule has 1 fully saturated rings. The third kappa shape index (κ3) is 5.28. The van der Waals surface area contributed by atoms with Gasteiger partial charge in [-0.25, -0.2) is 19.2 Å². The Morgan fingerprint density at radius 2 is 2.09 bits per heavy atom. The van der Waals surface area contributed by atoms with Gasteiger partial charge in [0.25, 0.3) is 0 Å². The molecule has 1 aliphatic rings. The van der Waals surface area contributed by atoms with Gasteiger partial charge in [0, 0.05) is 31.5 Å². The average Bonchev–Trinajstić information content (AvgIpc) is 3.15. The molecule has 1 saturated heterocycles. The van der Waals surface area contributed by atoms with Gasteiger partial charge < -0.3 is 20.3 Å². The number of halogens is 1. The summed E-state index contributed by atoms with van der Waals surface area (Å²) in [5, 5.41) is 10.0. The lowest BCUT2D eigenvalue weighted by atomic mass is 10.0. The lowest BCUT2D eigenvalue weighted by Gasteiger charge is -2.39. The minimum Gasteiger partial charge on any atom is -0.372 e. The molecule has 0 atom stereocenters. The molecule has 4 rings (SSSR count). The van der Waals surface area contributed by atoms with Crippen molar-refractivity contribution < 1.29 is 13.9 Å². The van der Waals surface area contributed by atoms with E-state index in [9.17, 15) is 4.79 Å². The van der Waals surface area contributed by atoms with Crippen molar-refractivity contribution in [3.05, 3.63) is 53.7 Å². The summed E-state index contributed by atoms with van der Waals surface area (Å²) in [6, 6.07) is 4.97. The molecule has 0 radical (unpaired) electrons. The molecular weight excluding hydrogens is 425 g/mol. The summed E-state index contributed by atoms with van der Waals surface area (Å²) in [6.07, 6.45) is 5.25. The van der Waals surface area contributed by atoms with Crippen LogP contribution in [0.2, 0.25) is 0 Å². The normalized spacial score (nSPS) is 13.8. The number of amides is 2. The molecule has 3 heterocycles. The number of hydrogen-bond donors (Lipinski definition) is 2. The first-order valence-electron chi connectivity index (χ1n) is 10.9. The predicted octanol–water partition coefficient (Wildman–Crippen LogP) is 3.39. The molecule has 0 unspecified atom stereocenters. The largest absolute Gasteiger partial charge is 0.372 e. The van der Waals surface area contributed by atoms with E-state index < -0.39 is 0 Å². The Bertz CT molecular complexity index is 1140. The average molecular weight is 454 g/mol. The van der Waals surface area contributed by atoms with Gasteiger partial charge in [-0.3, -0.25) is 4.68 Å². The van der Waals surface area contributed by atoms with Crippen molar-refractivity contribution >= 4 is 17.7 Å². The first kappa shape index (κ1) is 22.7. The van der Waals surface area contributed by atoms with E-state index in [0.29, 0.717) is 41.4 Å². The van der Waals surface area contributed by atoms with Crippen LogP contribution in [0.15, 0.2) is 36.8 Å². The summed E-state index contributed by atoms with van der Waals surface area (Å²) in [7, 11) is 1.81. The quantitative estimate of drug-likeness (QED) is 0.569. The van der Waals surface area contributed by atoms with Crippen molar-refractivity contribution in [1.29, 1.82) is 0 Å². The maximum atomic E-state index is 15.2. The number of anilines is 2. The smallest absolute Gasteiger partial charge is 0.317 e. The molecule has 0 spiro atoms. The predicted molar refractivity (Wildman–Crippen MR) is 122 cm³/mol. The molecule has 2 N–H and O–H groups in total. The van der Waals surface area contributed by atoms with Crippen LogP contribution in [0.4, 0.5) is 20.8 Å². The van der Waals surface area contributed by atoms with E-state index in [2.05, 4.69) is 25.7 Å². The SMILES string of the molecule is Cc1c(CNC(=O)N2CC(OC(C)C)C2)ccc(-c2ccnc(Nc3cnn(C)c3)n2)c1F. The van der Waals surface area contributed by atoms with Gasteiger partial charge in [-0.05, 0) is 44.0 Å². The maximum Gasteiger partial charge on any atom is 0.317 e. The number of nitrogens with one attached hydrogen (secondary N) is 2. The first-order chi connectivity index (χ1) is 15.8. The molecule has 174 valence electrons. The minimum absolute atomic E-state index is 0.0830. The van der Waals surface area contributed by atoms with Gasteiger partial charge in [0.2, 0.25) is 5.95 Å². The number of ether oxygens (including phenoxy) is 1. The van der Waals surface area contributed by atoms with E-state index in [4.69, 9.17) is 4.74 Å². The molecule has 0 saturated carbocycles. The molecule has 3 aromatic rings. The van der Waals surface area contributed by atoms with E-state index in [0.717, 1.165) is 5.69 Å². The topological polar surface area (TPSA) is 97.2 Å². The highest BCUT2D eigenvalue weighted by Crippen LogP contribution is 2.26. The van der Waals surface area contributed by atoms with Crippen molar-refractivity contribution in [3.63, 3.8) is 0 Å². The van der Waals surface area contributed by atoms with E-state index in [-0.39, 0.29) is 30.6 Å². The summed E-state index contributed by atoms with van der Waals surface area (Å²) in [5.74, 6) is -0.0229. The fraction of sp³-hybridized carbons (Fsp3) is 0.391. The van der Waals surface area contributed by atoms with Gasteiger partial charge in [-0.15, -0.1) is 0 Å². The van der Waals surface area contributed by atoms with Crippen LogP contribution in [0.5, 0.6) is 0 Å². The van der Waals surface area contributed by atoms with Crippen LogP contribution in [0.1, 0.15) is 25.0 Å². The van der Waals surface area contributed by atoms with Crippen molar-refractivity contribution in [2.45, 2.75) is 39.5 Å². The Morgan fingerprint density at radius 1 is 1.30 bits per heavy atom. The number of hydrogen-bond acceptors (Lipinski definition) is 6. The molecule has 2 amide bonds. The minimum atomic E-state index is -0.373. The summed E-state index contributed by atoms with van der Waals surface area (Å²) < 4.78 is 22.5. The zero-order valence-corrected chi connectivity index (χ0v) is 19.2. The van der Waals surface area contributed by atoms with Crippen molar-refractivity contribution in [3.8, 4) is 11.3 Å². The van der Waals surface area contributed by atoms with Crippen LogP contribution in [-0.2, 0) is 18.3 Å². The van der Waals surface area contributed by atoms with Gasteiger partial charge in [-0.1, -0.05) is 6.07 Å². The summed E-state index contributed by atoms with van der Waals surface area (Å²) >= 11 is 0. The molecule has 1 aliphatic heterocycles. The molecule has 33 heavy (non-hydrogen) atoms. The van der Waals surface area contributed by atoms with Crippen LogP contribution in [0.3, 0.4) is 0 Å². The molecule has 2 aromatic heterocycles. The zero-order chi connectivity index (χ0) is 23.5. The van der Waals surface area contributed by atoms with Crippen LogP contribution in [0, 0.1) is 12.7 Å². The second-order valence-electron chi connectivity index (χ2n) is 8.37. The zero-order valence-electron chi connectivity index (χ0n) is 19.2. The van der Waals surface area contributed by atoms with Gasteiger partial charge >= 0.3 is 6.03 Å². The number of likely N-dealkylation sites (tertiary alicyclic amines) is 1. The standard InChI is InChI=1S/C23H28FN7O2/c1-14(2)33-18-12-31(13-18)23(32)26-9-16-5-6-19(21(24)15(16)3)20-7-8-25-22(29-20)28-17-10-27-30(4)11-17/h5-8,10-11,14,18H,9,12-13H2,1-4H3,(H,26,32)(H,25,28,29). The lowest BCUT2D eigenvalue weighted by molar-refractivity contribution is -0.0641. The fourth-order valence-electron chi connectivity index (χ4n) is 3.66. The second kappa shape index (κ2) is 9.53. The fourth-order valence-corrected chi connectivity index (χ4v) is 3.66. The molecule has 0 aliphatic carbocycles. The second-order valence-corrected chi connectivity index (χ2v) is 8.37. The van der Waals surface area contributed by atoms with Crippen LogP contribution < -0.4 is 10.6 Å². The third-order valence-electron chi connectivity index (χ3n) is 5.42. The molecule has 10 heteroatoms. The van der Waals surface area contributed by atoms with Gasteiger partial charge in [0.05, 0.1) is 42.9 Å². The van der Waals surface area contributed by atoms with E-state index in [1.165, 1.54) is 0 Å². The first-order valence-corrected chi connectivity index (χ1v) is 10.9. The number of aryl methyl sites for hydroxylation is 1. The Hall–Kier alpha value is -3.53. The number of nitrogens with zero attached hydrogens (tertiary/aromatic N) is 5. The van der Waals surface area contributed by atoms with Gasteiger partial charge in [0.15, 0.2) is 0 Å². The van der Waals surface area contributed by atoms with Crippen LogP contribution >= 0.6 is 0 Å². The third-order valence-corrected chi connectivity index (χ3v) is 5.42. The summed E-state index contributed by atoms with van der Waals surface area (Å²) in [6.45, 7) is 7.03. The van der Waals surface area contributed by atoms with E-state index in [1.54, 1.807) is 47.2 Å². The number of carbonyl (C=O) groups excluding carboxylic acids is 1. The van der Waals surface area contributed by atoms with Crippen molar-refractivity contribution in [1.82, 2.24) is 30.0 Å². The number of aromatic nitrogens is 4. The highest BCUT2D eigenvalue weighted by molar-refractivity contribution is 5.75. The van der Waals surface area contributed by atoms with Crippen molar-refractivity contribution in [2.24, 2.45) is 7.05 Å². The van der Waals surface area contributed by atoms with Crippen LogP contribution in [-0.4, -0.2) is 56.0 Å². The summed E-state index contributed by atoms with van der Waals surface area (Å²) in [5.41, 5.74) is 2.75. The van der Waals surface area contributed by atoms with Crippen molar-refractivity contribution in [2.75, 3.05) is 18.4 Å². The highest BCUT2D eigenvalue weighted by Gasteiger charge is 2.31. The molecular formula is C23H28FN7O2. The molecule has 9 nitrogen and oxygen atoms in total. The molecule has 0 bridgehead atoms. The Labute approximate surface area is 192 Å². The summed E-state index contributed by atoms with van der Waals surface area (Å²) in [4.78, 5) is 22.7. The number of rotatable bonds is 7. The number of carbonyl (C=O) groups is 1.